The molecule has 0 bridgehead atoms. The number of nitrogens with two attached hydrogens (primary N) is 1. The second-order valence-electron chi connectivity index (χ2n) is 4.91. The van der Waals surface area contributed by atoms with Gasteiger partial charge in [0.25, 0.3) is 0 Å². The van der Waals surface area contributed by atoms with Crippen molar-refractivity contribution in [3.05, 3.63) is 0 Å². The molecule has 4 nitrogen and oxygen atoms in total. The largest absolute Gasteiger partial charge is 0.383 e. The van der Waals surface area contributed by atoms with Gasteiger partial charge >= 0.3 is 0 Å². The Morgan fingerprint density at radius 1 is 1.56 bits per heavy atom. The average molecular weight is 228 g/mol. The summed E-state index contributed by atoms with van der Waals surface area (Å²) < 4.78 is 5.01. The Morgan fingerprint density at radius 3 is 2.81 bits per heavy atom. The number of primary amides is 1. The molecule has 0 aromatic heterocycles. The van der Waals surface area contributed by atoms with Gasteiger partial charge in [0.05, 0.1) is 6.61 Å². The van der Waals surface area contributed by atoms with Crippen LogP contribution in [0.15, 0.2) is 0 Å². The summed E-state index contributed by atoms with van der Waals surface area (Å²) in [6, 6.07) is 0. The fraction of sp³-hybridized carbons (Fsp3) is 0.917. The number of ether oxygens (including phenoxy) is 1. The molecular formula is C12H24N2O2. The van der Waals surface area contributed by atoms with Crippen molar-refractivity contribution in [3.63, 3.8) is 0 Å². The van der Waals surface area contributed by atoms with Crippen LogP contribution in [0.4, 0.5) is 0 Å². The van der Waals surface area contributed by atoms with Crippen molar-refractivity contribution in [2.75, 3.05) is 20.3 Å². The normalized spacial score (nSPS) is 34.9. The van der Waals surface area contributed by atoms with Gasteiger partial charge < -0.3 is 15.8 Å². The Kier molecular flexibility index (Phi) is 4.74. The molecule has 4 heteroatoms. The molecule has 0 aliphatic heterocycles. The molecule has 1 rings (SSSR count). The second kappa shape index (κ2) is 5.64. The van der Waals surface area contributed by atoms with E-state index in [1.165, 1.54) is 6.42 Å². The molecule has 3 N–H and O–H groups in total. The fourth-order valence-electron chi connectivity index (χ4n) is 2.73. The first-order chi connectivity index (χ1) is 7.54. The van der Waals surface area contributed by atoms with Crippen LogP contribution >= 0.6 is 0 Å². The van der Waals surface area contributed by atoms with Crippen LogP contribution in [0.3, 0.4) is 0 Å². The minimum atomic E-state index is -0.532. The Morgan fingerprint density at radius 2 is 2.25 bits per heavy atom. The number of rotatable bonds is 5. The van der Waals surface area contributed by atoms with Crippen molar-refractivity contribution >= 4 is 5.91 Å². The predicted molar refractivity (Wildman–Crippen MR) is 64.0 cm³/mol. The van der Waals surface area contributed by atoms with Gasteiger partial charge in [-0.2, -0.15) is 0 Å². The molecule has 1 amide bonds. The van der Waals surface area contributed by atoms with Gasteiger partial charge in [0.15, 0.2) is 0 Å². The molecule has 16 heavy (non-hydrogen) atoms. The average Bonchev–Trinajstić information content (AvgIpc) is 2.24. The molecule has 0 aromatic carbocycles. The summed E-state index contributed by atoms with van der Waals surface area (Å²) in [5, 5.41) is 3.32. The van der Waals surface area contributed by atoms with E-state index in [0.29, 0.717) is 19.1 Å². The van der Waals surface area contributed by atoms with E-state index in [0.717, 1.165) is 12.8 Å². The minimum Gasteiger partial charge on any atom is -0.383 e. The van der Waals surface area contributed by atoms with Crippen molar-refractivity contribution in [1.82, 2.24) is 5.32 Å². The lowest BCUT2D eigenvalue weighted by atomic mass is 9.68. The molecule has 1 aliphatic rings. The zero-order valence-corrected chi connectivity index (χ0v) is 10.6. The number of carbonyl (C=O) groups is 1. The molecule has 0 aromatic rings. The first kappa shape index (κ1) is 13.5. The summed E-state index contributed by atoms with van der Waals surface area (Å²) in [4.78, 5) is 11.7. The van der Waals surface area contributed by atoms with Crippen LogP contribution < -0.4 is 11.1 Å². The van der Waals surface area contributed by atoms with Gasteiger partial charge in [-0.1, -0.05) is 26.7 Å². The van der Waals surface area contributed by atoms with E-state index in [9.17, 15) is 4.79 Å². The standard InChI is InChI=1S/C12H24N2O2/c1-9-5-4-6-12(10(9)2,11(13)15)14-7-8-16-3/h9-10,14H,4-8H2,1-3H3,(H2,13,15). The third kappa shape index (κ3) is 2.55. The summed E-state index contributed by atoms with van der Waals surface area (Å²) in [7, 11) is 1.66. The van der Waals surface area contributed by atoms with Crippen LogP contribution in [-0.2, 0) is 9.53 Å². The highest BCUT2D eigenvalue weighted by Gasteiger charge is 2.45. The highest BCUT2D eigenvalue weighted by Crippen LogP contribution is 2.37. The van der Waals surface area contributed by atoms with E-state index in [1.54, 1.807) is 7.11 Å². The van der Waals surface area contributed by atoms with Crippen LogP contribution in [0.1, 0.15) is 33.1 Å². The van der Waals surface area contributed by atoms with Crippen molar-refractivity contribution in [1.29, 1.82) is 0 Å². The fourth-order valence-corrected chi connectivity index (χ4v) is 2.73. The maximum absolute atomic E-state index is 11.7. The van der Waals surface area contributed by atoms with Crippen LogP contribution in [0, 0.1) is 11.8 Å². The number of carbonyl (C=O) groups excluding carboxylic acids is 1. The molecule has 94 valence electrons. The zero-order valence-electron chi connectivity index (χ0n) is 10.6. The lowest BCUT2D eigenvalue weighted by Crippen LogP contribution is -2.63. The van der Waals surface area contributed by atoms with Gasteiger partial charge in [0.1, 0.15) is 5.54 Å². The molecule has 0 heterocycles. The topological polar surface area (TPSA) is 64.3 Å². The predicted octanol–water partition coefficient (Wildman–Crippen LogP) is 0.903. The summed E-state index contributed by atoms with van der Waals surface area (Å²) in [5.74, 6) is 0.606. The third-order valence-corrected chi connectivity index (χ3v) is 4.05. The smallest absolute Gasteiger partial charge is 0.238 e. The lowest BCUT2D eigenvalue weighted by Gasteiger charge is -2.44. The van der Waals surface area contributed by atoms with Gasteiger partial charge in [-0.25, -0.2) is 0 Å². The highest BCUT2D eigenvalue weighted by atomic mass is 16.5. The highest BCUT2D eigenvalue weighted by molar-refractivity contribution is 5.85. The first-order valence-electron chi connectivity index (χ1n) is 6.08. The van der Waals surface area contributed by atoms with Crippen molar-refractivity contribution < 1.29 is 9.53 Å². The summed E-state index contributed by atoms with van der Waals surface area (Å²) in [6.45, 7) is 5.60. The Hall–Kier alpha value is -0.610. The monoisotopic (exact) mass is 228 g/mol. The summed E-state index contributed by atoms with van der Waals surface area (Å²) in [5.41, 5.74) is 5.06. The van der Waals surface area contributed by atoms with E-state index in [-0.39, 0.29) is 11.8 Å². The maximum atomic E-state index is 11.7. The van der Waals surface area contributed by atoms with E-state index in [2.05, 4.69) is 19.2 Å². The van der Waals surface area contributed by atoms with E-state index in [4.69, 9.17) is 10.5 Å². The quantitative estimate of drug-likeness (QED) is 0.687. The molecular weight excluding hydrogens is 204 g/mol. The second-order valence-corrected chi connectivity index (χ2v) is 4.91. The van der Waals surface area contributed by atoms with Crippen LogP contribution in [-0.4, -0.2) is 31.7 Å². The van der Waals surface area contributed by atoms with Crippen LogP contribution in [0.5, 0.6) is 0 Å². The van der Waals surface area contributed by atoms with Gasteiger partial charge in [-0.15, -0.1) is 0 Å². The van der Waals surface area contributed by atoms with Gasteiger partial charge in [-0.05, 0) is 18.3 Å². The summed E-state index contributed by atoms with van der Waals surface area (Å²) >= 11 is 0. The van der Waals surface area contributed by atoms with Crippen molar-refractivity contribution in [2.24, 2.45) is 17.6 Å². The number of hydrogen-bond donors (Lipinski definition) is 2. The van der Waals surface area contributed by atoms with E-state index < -0.39 is 5.54 Å². The maximum Gasteiger partial charge on any atom is 0.238 e. The molecule has 3 atom stereocenters. The Balaban J connectivity index is 2.73. The van der Waals surface area contributed by atoms with E-state index >= 15 is 0 Å². The number of nitrogens with one attached hydrogen (secondary N) is 1. The number of methoxy groups -OCH3 is 1. The van der Waals surface area contributed by atoms with Crippen LogP contribution in [0.25, 0.3) is 0 Å². The number of amides is 1. The van der Waals surface area contributed by atoms with Gasteiger partial charge in [0.2, 0.25) is 5.91 Å². The van der Waals surface area contributed by atoms with Crippen molar-refractivity contribution in [2.45, 2.75) is 38.6 Å². The molecule has 1 fully saturated rings. The van der Waals surface area contributed by atoms with Crippen molar-refractivity contribution in [3.8, 4) is 0 Å². The molecule has 1 saturated carbocycles. The Labute approximate surface area is 97.9 Å². The first-order valence-corrected chi connectivity index (χ1v) is 6.08. The Bertz CT molecular complexity index is 245. The third-order valence-electron chi connectivity index (χ3n) is 4.05. The molecule has 3 unspecified atom stereocenters. The molecule has 1 aliphatic carbocycles. The SMILES string of the molecule is COCCNC1(C(N)=O)CCCC(C)C1C. The summed E-state index contributed by atoms with van der Waals surface area (Å²) in [6.07, 6.45) is 3.09. The van der Waals surface area contributed by atoms with Crippen LogP contribution in [0.2, 0.25) is 0 Å². The number of hydrogen-bond acceptors (Lipinski definition) is 3. The van der Waals surface area contributed by atoms with Gasteiger partial charge in [0, 0.05) is 13.7 Å². The molecule has 0 radical (unpaired) electrons. The molecule has 0 saturated heterocycles. The zero-order chi connectivity index (χ0) is 12.2. The van der Waals surface area contributed by atoms with Gasteiger partial charge in [-0.3, -0.25) is 4.79 Å². The lowest BCUT2D eigenvalue weighted by molar-refractivity contribution is -0.129. The van der Waals surface area contributed by atoms with E-state index in [1.807, 2.05) is 0 Å². The molecule has 0 spiro atoms. The minimum absolute atomic E-state index is 0.220.